The average molecular weight is 287 g/mol. The molecule has 3 rings (SSSR count). The first-order chi connectivity index (χ1) is 10.1. The van der Waals surface area contributed by atoms with Crippen LogP contribution >= 0.6 is 0 Å². The number of nitrogens with zero attached hydrogens (tertiary/aromatic N) is 3. The van der Waals surface area contributed by atoms with Gasteiger partial charge in [-0.2, -0.15) is 5.10 Å². The molecule has 1 heterocycles. The lowest BCUT2D eigenvalue weighted by Gasteiger charge is -2.16. The van der Waals surface area contributed by atoms with Crippen molar-refractivity contribution < 1.29 is 9.18 Å². The summed E-state index contributed by atoms with van der Waals surface area (Å²) >= 11 is 0. The van der Waals surface area contributed by atoms with Crippen LogP contribution in [0.1, 0.15) is 23.5 Å². The lowest BCUT2D eigenvalue weighted by molar-refractivity contribution is -0.131. The molecule has 110 valence electrons. The molecule has 21 heavy (non-hydrogen) atoms. The van der Waals surface area contributed by atoms with Gasteiger partial charge < -0.3 is 4.90 Å². The van der Waals surface area contributed by atoms with E-state index in [0.717, 1.165) is 12.0 Å². The van der Waals surface area contributed by atoms with Crippen molar-refractivity contribution >= 4 is 5.91 Å². The molecule has 1 saturated carbocycles. The van der Waals surface area contributed by atoms with E-state index in [4.69, 9.17) is 0 Å². The van der Waals surface area contributed by atoms with Gasteiger partial charge in [0.2, 0.25) is 5.91 Å². The van der Waals surface area contributed by atoms with E-state index in [2.05, 4.69) is 5.10 Å². The molecule has 1 aliphatic rings. The van der Waals surface area contributed by atoms with Gasteiger partial charge in [0.05, 0.1) is 6.20 Å². The summed E-state index contributed by atoms with van der Waals surface area (Å²) < 4.78 is 15.4. The Morgan fingerprint density at radius 2 is 2.24 bits per heavy atom. The van der Waals surface area contributed by atoms with Gasteiger partial charge in [0.15, 0.2) is 0 Å². The van der Waals surface area contributed by atoms with Crippen LogP contribution in [0.15, 0.2) is 36.7 Å². The molecule has 0 radical (unpaired) electrons. The largest absolute Gasteiger partial charge is 0.341 e. The van der Waals surface area contributed by atoms with E-state index >= 15 is 0 Å². The van der Waals surface area contributed by atoms with Crippen LogP contribution in [0.3, 0.4) is 0 Å². The minimum Gasteiger partial charge on any atom is -0.341 e. The zero-order valence-corrected chi connectivity index (χ0v) is 12.2. The Bertz CT molecular complexity index is 667. The fourth-order valence-corrected chi connectivity index (χ4v) is 2.78. The molecule has 2 atom stereocenters. The Balaban J connectivity index is 1.63. The molecular formula is C16H18FN3O. The van der Waals surface area contributed by atoms with E-state index in [9.17, 15) is 9.18 Å². The van der Waals surface area contributed by atoms with E-state index in [1.165, 1.54) is 6.07 Å². The molecule has 2 unspecified atom stereocenters. The van der Waals surface area contributed by atoms with Crippen molar-refractivity contribution in [3.63, 3.8) is 0 Å². The van der Waals surface area contributed by atoms with Gasteiger partial charge in [-0.25, -0.2) is 4.39 Å². The Kier molecular flexibility index (Phi) is 3.49. The molecule has 2 aromatic rings. The quantitative estimate of drug-likeness (QED) is 0.865. The Labute approximate surface area is 123 Å². The number of amides is 1. The molecule has 1 aliphatic carbocycles. The highest BCUT2D eigenvalue weighted by Crippen LogP contribution is 2.49. The molecule has 5 heteroatoms. The topological polar surface area (TPSA) is 38.1 Å². The SMILES string of the molecule is CN(Cc1cnn(C)c1)C(=O)C1CC1c1ccccc1F. The second kappa shape index (κ2) is 5.31. The number of hydrogen-bond acceptors (Lipinski definition) is 2. The first-order valence-corrected chi connectivity index (χ1v) is 7.03. The van der Waals surface area contributed by atoms with Gasteiger partial charge in [0.1, 0.15) is 5.82 Å². The van der Waals surface area contributed by atoms with Crippen LogP contribution in [0.25, 0.3) is 0 Å². The van der Waals surface area contributed by atoms with Gasteiger partial charge in [-0.15, -0.1) is 0 Å². The van der Waals surface area contributed by atoms with Gasteiger partial charge >= 0.3 is 0 Å². The van der Waals surface area contributed by atoms with Gasteiger partial charge in [0.25, 0.3) is 0 Å². The summed E-state index contributed by atoms with van der Waals surface area (Å²) in [4.78, 5) is 14.1. The second-order valence-corrected chi connectivity index (χ2v) is 5.69. The summed E-state index contributed by atoms with van der Waals surface area (Å²) in [5.41, 5.74) is 1.65. The number of halogens is 1. The number of carbonyl (C=O) groups is 1. The molecule has 1 aromatic carbocycles. The third kappa shape index (κ3) is 2.82. The fourth-order valence-electron chi connectivity index (χ4n) is 2.78. The Morgan fingerprint density at radius 3 is 2.90 bits per heavy atom. The minimum absolute atomic E-state index is 0.0232. The third-order valence-electron chi connectivity index (χ3n) is 3.97. The minimum atomic E-state index is -0.215. The van der Waals surface area contributed by atoms with Crippen molar-refractivity contribution in [1.82, 2.24) is 14.7 Å². The zero-order chi connectivity index (χ0) is 15.0. The third-order valence-corrected chi connectivity index (χ3v) is 3.97. The van der Waals surface area contributed by atoms with Crippen molar-refractivity contribution in [2.75, 3.05) is 7.05 Å². The van der Waals surface area contributed by atoms with Crippen molar-refractivity contribution in [1.29, 1.82) is 0 Å². The predicted octanol–water partition coefficient (Wildman–Crippen LogP) is 2.32. The van der Waals surface area contributed by atoms with Gasteiger partial charge in [0, 0.05) is 38.3 Å². The number of aryl methyl sites for hydroxylation is 1. The molecule has 1 amide bonds. The molecule has 0 N–H and O–H groups in total. The Morgan fingerprint density at radius 1 is 1.48 bits per heavy atom. The van der Waals surface area contributed by atoms with E-state index in [-0.39, 0.29) is 23.6 Å². The van der Waals surface area contributed by atoms with Crippen molar-refractivity contribution in [2.24, 2.45) is 13.0 Å². The monoisotopic (exact) mass is 287 g/mol. The number of hydrogen-bond donors (Lipinski definition) is 0. The van der Waals surface area contributed by atoms with Crippen LogP contribution < -0.4 is 0 Å². The van der Waals surface area contributed by atoms with Crippen LogP contribution in [0.5, 0.6) is 0 Å². The molecular weight excluding hydrogens is 269 g/mol. The van der Waals surface area contributed by atoms with Crippen molar-refractivity contribution in [3.05, 3.63) is 53.6 Å². The van der Waals surface area contributed by atoms with Gasteiger partial charge in [-0.3, -0.25) is 9.48 Å². The highest BCUT2D eigenvalue weighted by molar-refractivity contribution is 5.82. The molecule has 0 saturated heterocycles. The van der Waals surface area contributed by atoms with E-state index in [0.29, 0.717) is 12.1 Å². The number of carbonyl (C=O) groups excluding carboxylic acids is 1. The average Bonchev–Trinajstić information content (AvgIpc) is 3.15. The molecule has 1 fully saturated rings. The van der Waals surface area contributed by atoms with Crippen molar-refractivity contribution in [3.8, 4) is 0 Å². The predicted molar refractivity (Wildman–Crippen MR) is 76.9 cm³/mol. The van der Waals surface area contributed by atoms with Crippen LogP contribution in [-0.4, -0.2) is 27.6 Å². The number of rotatable bonds is 4. The van der Waals surface area contributed by atoms with E-state index in [1.807, 2.05) is 19.3 Å². The molecule has 1 aromatic heterocycles. The normalized spacial score (nSPS) is 20.3. The smallest absolute Gasteiger partial charge is 0.226 e. The van der Waals surface area contributed by atoms with Crippen LogP contribution in [-0.2, 0) is 18.4 Å². The van der Waals surface area contributed by atoms with Gasteiger partial charge in [-0.1, -0.05) is 18.2 Å². The standard InChI is InChI=1S/C16H18FN3O/c1-19(9-11-8-18-20(2)10-11)16(21)14-7-13(14)12-5-3-4-6-15(12)17/h3-6,8,10,13-14H,7,9H2,1-2H3. The number of aromatic nitrogens is 2. The molecule has 0 bridgehead atoms. The van der Waals surface area contributed by atoms with Crippen LogP contribution in [0.4, 0.5) is 4.39 Å². The van der Waals surface area contributed by atoms with E-state index in [1.54, 1.807) is 35.0 Å². The first kappa shape index (κ1) is 13.8. The van der Waals surface area contributed by atoms with Crippen molar-refractivity contribution in [2.45, 2.75) is 18.9 Å². The van der Waals surface area contributed by atoms with E-state index < -0.39 is 0 Å². The molecule has 4 nitrogen and oxygen atoms in total. The summed E-state index contributed by atoms with van der Waals surface area (Å²) in [5, 5.41) is 4.09. The molecule has 0 aliphatic heterocycles. The highest BCUT2D eigenvalue weighted by Gasteiger charge is 2.46. The van der Waals surface area contributed by atoms with Crippen LogP contribution in [0.2, 0.25) is 0 Å². The summed E-state index contributed by atoms with van der Waals surface area (Å²) in [6, 6.07) is 6.72. The summed E-state index contributed by atoms with van der Waals surface area (Å²) in [6.45, 7) is 0.535. The maximum Gasteiger partial charge on any atom is 0.226 e. The summed E-state index contributed by atoms with van der Waals surface area (Å²) in [6.07, 6.45) is 4.38. The maximum atomic E-state index is 13.7. The van der Waals surface area contributed by atoms with Crippen LogP contribution in [0, 0.1) is 11.7 Å². The Hall–Kier alpha value is -2.17. The zero-order valence-electron chi connectivity index (χ0n) is 12.2. The lowest BCUT2D eigenvalue weighted by Crippen LogP contribution is -2.27. The maximum absolute atomic E-state index is 13.7. The lowest BCUT2D eigenvalue weighted by atomic mass is 10.1. The number of benzene rings is 1. The fraction of sp³-hybridized carbons (Fsp3) is 0.375. The first-order valence-electron chi connectivity index (χ1n) is 7.03. The summed E-state index contributed by atoms with van der Waals surface area (Å²) in [7, 11) is 3.63. The second-order valence-electron chi connectivity index (χ2n) is 5.69. The molecule has 0 spiro atoms. The van der Waals surface area contributed by atoms with Gasteiger partial charge in [-0.05, 0) is 24.0 Å². The summed E-state index contributed by atoms with van der Waals surface area (Å²) in [5.74, 6) is -0.210. The highest BCUT2D eigenvalue weighted by atomic mass is 19.1.